The Morgan fingerprint density at radius 1 is 1.29 bits per heavy atom. The molecule has 17 heavy (non-hydrogen) atoms. The molecule has 1 aliphatic rings. The Balaban J connectivity index is 1.80. The number of fused-ring (bicyclic) bond motifs is 1. The summed E-state index contributed by atoms with van der Waals surface area (Å²) < 4.78 is 6.77. The summed E-state index contributed by atoms with van der Waals surface area (Å²) in [6.45, 7) is 0. The highest BCUT2D eigenvalue weighted by Crippen LogP contribution is 2.41. The van der Waals surface area contributed by atoms with Crippen molar-refractivity contribution in [1.29, 1.82) is 0 Å². The number of halogens is 2. The molecule has 2 aromatic rings. The van der Waals surface area contributed by atoms with Crippen molar-refractivity contribution in [3.63, 3.8) is 0 Å². The summed E-state index contributed by atoms with van der Waals surface area (Å²) in [5.41, 5.74) is 1.28. The van der Waals surface area contributed by atoms with Crippen LogP contribution >= 0.6 is 38.9 Å². The number of alkyl halides is 1. The minimum absolute atomic E-state index is 0.155. The van der Waals surface area contributed by atoms with Crippen LogP contribution in [0, 0.1) is 0 Å². The van der Waals surface area contributed by atoms with E-state index < -0.39 is 0 Å². The van der Waals surface area contributed by atoms with E-state index in [1.54, 1.807) is 11.3 Å². The summed E-state index contributed by atoms with van der Waals surface area (Å²) in [6.07, 6.45) is 1.10. The normalized spacial score (nSPS) is 19.8. The molecule has 0 amide bonds. The van der Waals surface area contributed by atoms with Gasteiger partial charge in [-0.15, -0.1) is 11.3 Å². The first-order valence-electron chi connectivity index (χ1n) is 5.38. The van der Waals surface area contributed by atoms with Gasteiger partial charge in [-0.05, 0) is 23.8 Å². The van der Waals surface area contributed by atoms with Gasteiger partial charge in [0, 0.05) is 11.3 Å². The molecule has 2 atom stereocenters. The molecule has 2 unspecified atom stereocenters. The molecule has 0 spiro atoms. The fourth-order valence-electron chi connectivity index (χ4n) is 2.03. The summed E-state index contributed by atoms with van der Waals surface area (Å²) >= 11 is 11.3. The third-order valence-electron chi connectivity index (χ3n) is 2.86. The summed E-state index contributed by atoms with van der Waals surface area (Å²) in [5.74, 6) is 1.00. The van der Waals surface area contributed by atoms with E-state index in [1.165, 1.54) is 10.4 Å². The molecule has 0 bridgehead atoms. The van der Waals surface area contributed by atoms with Crippen LogP contribution in [0.25, 0.3) is 0 Å². The van der Waals surface area contributed by atoms with E-state index in [2.05, 4.69) is 34.1 Å². The number of thiophene rings is 1. The number of para-hydroxylation sites is 1. The molecule has 1 aliphatic heterocycles. The summed E-state index contributed by atoms with van der Waals surface area (Å²) in [4.78, 5) is 1.42. The summed E-state index contributed by atoms with van der Waals surface area (Å²) in [7, 11) is 0. The second-order valence-electron chi connectivity index (χ2n) is 4.01. The molecule has 1 aromatic heterocycles. The Kier molecular flexibility index (Phi) is 3.16. The van der Waals surface area contributed by atoms with E-state index in [0.717, 1.165) is 16.5 Å². The summed E-state index contributed by atoms with van der Waals surface area (Å²) in [5, 5.41) is 0. The van der Waals surface area contributed by atoms with Gasteiger partial charge in [0.15, 0.2) is 0 Å². The highest BCUT2D eigenvalue weighted by atomic mass is 79.9. The lowest BCUT2D eigenvalue weighted by Crippen LogP contribution is -2.18. The van der Waals surface area contributed by atoms with Gasteiger partial charge in [-0.25, -0.2) is 0 Å². The minimum Gasteiger partial charge on any atom is -0.488 e. The number of hydrogen-bond donors (Lipinski definition) is 0. The van der Waals surface area contributed by atoms with E-state index in [9.17, 15) is 0 Å². The molecule has 0 saturated carbocycles. The number of hydrogen-bond acceptors (Lipinski definition) is 2. The van der Waals surface area contributed by atoms with Gasteiger partial charge in [0.1, 0.15) is 11.9 Å². The van der Waals surface area contributed by atoms with Gasteiger partial charge >= 0.3 is 0 Å². The van der Waals surface area contributed by atoms with Crippen LogP contribution in [-0.2, 0) is 6.42 Å². The van der Waals surface area contributed by atoms with Gasteiger partial charge in [0.05, 0.1) is 9.16 Å². The Labute approximate surface area is 118 Å². The van der Waals surface area contributed by atoms with E-state index in [1.807, 2.05) is 18.2 Å². The molecule has 4 heteroatoms. The Morgan fingerprint density at radius 3 is 2.82 bits per heavy atom. The zero-order chi connectivity index (χ0) is 11.8. The third-order valence-corrected chi connectivity index (χ3v) is 5.56. The minimum atomic E-state index is 0.155. The van der Waals surface area contributed by atoms with Crippen LogP contribution in [0.1, 0.15) is 15.3 Å². The molecule has 0 fully saturated rings. The van der Waals surface area contributed by atoms with E-state index >= 15 is 0 Å². The average molecular weight is 330 g/mol. The van der Waals surface area contributed by atoms with Gasteiger partial charge < -0.3 is 4.74 Å². The van der Waals surface area contributed by atoms with Crippen LogP contribution in [0.2, 0.25) is 4.34 Å². The monoisotopic (exact) mass is 328 g/mol. The largest absolute Gasteiger partial charge is 0.488 e. The highest BCUT2D eigenvalue weighted by molar-refractivity contribution is 9.09. The van der Waals surface area contributed by atoms with Crippen molar-refractivity contribution < 1.29 is 4.74 Å². The Bertz CT molecular complexity index is 515. The lowest BCUT2D eigenvalue weighted by Gasteiger charge is -2.16. The van der Waals surface area contributed by atoms with Crippen LogP contribution in [0.5, 0.6) is 5.75 Å². The average Bonchev–Trinajstić information content (AvgIpc) is 2.93. The van der Waals surface area contributed by atoms with Gasteiger partial charge in [-0.3, -0.25) is 0 Å². The number of ether oxygens (including phenoxy) is 1. The molecule has 0 saturated heterocycles. The maximum absolute atomic E-state index is 5.96. The van der Waals surface area contributed by atoms with E-state index in [0.29, 0.717) is 0 Å². The van der Waals surface area contributed by atoms with E-state index in [-0.39, 0.29) is 10.9 Å². The second-order valence-corrected chi connectivity index (χ2v) is 6.74. The van der Waals surface area contributed by atoms with Crippen LogP contribution in [-0.4, -0.2) is 6.10 Å². The van der Waals surface area contributed by atoms with Crippen molar-refractivity contribution in [2.75, 3.05) is 0 Å². The molecular weight excluding hydrogens is 320 g/mol. The fraction of sp³-hybridized carbons (Fsp3) is 0.231. The first kappa shape index (κ1) is 11.6. The van der Waals surface area contributed by atoms with Crippen LogP contribution < -0.4 is 4.74 Å². The number of benzene rings is 1. The smallest absolute Gasteiger partial charge is 0.123 e. The maximum atomic E-state index is 5.96. The topological polar surface area (TPSA) is 9.23 Å². The Hall–Kier alpha value is -0.510. The molecule has 3 rings (SSSR count). The lowest BCUT2D eigenvalue weighted by molar-refractivity contribution is 0.233. The van der Waals surface area contributed by atoms with Crippen LogP contribution in [0.4, 0.5) is 0 Å². The third kappa shape index (κ3) is 2.24. The second kappa shape index (κ2) is 4.63. The maximum Gasteiger partial charge on any atom is 0.123 e. The standard InChI is InChI=1S/C13H10BrClOS/c14-13(11-5-6-12(15)17-11)10-7-8-3-1-2-4-9(8)16-10/h1-6,10,13H,7H2. The van der Waals surface area contributed by atoms with E-state index in [4.69, 9.17) is 16.3 Å². The predicted octanol–water partition coefficient (Wildman–Crippen LogP) is 4.84. The predicted molar refractivity (Wildman–Crippen MR) is 75.6 cm³/mol. The molecule has 0 radical (unpaired) electrons. The van der Waals surface area contributed by atoms with Crippen molar-refractivity contribution in [3.05, 3.63) is 51.2 Å². The summed E-state index contributed by atoms with van der Waals surface area (Å²) in [6, 6.07) is 12.2. The number of rotatable bonds is 2. The molecule has 1 aromatic carbocycles. The van der Waals surface area contributed by atoms with Gasteiger partial charge in [-0.2, -0.15) is 0 Å². The van der Waals surface area contributed by atoms with Crippen LogP contribution in [0.3, 0.4) is 0 Å². The quantitative estimate of drug-likeness (QED) is 0.716. The van der Waals surface area contributed by atoms with Crippen molar-refractivity contribution in [2.45, 2.75) is 17.4 Å². The van der Waals surface area contributed by atoms with Crippen molar-refractivity contribution in [1.82, 2.24) is 0 Å². The fourth-order valence-corrected chi connectivity index (χ4v) is 3.85. The van der Waals surface area contributed by atoms with Crippen molar-refractivity contribution >= 4 is 38.9 Å². The zero-order valence-corrected chi connectivity index (χ0v) is 12.1. The highest BCUT2D eigenvalue weighted by Gasteiger charge is 2.30. The van der Waals surface area contributed by atoms with Crippen molar-refractivity contribution in [3.8, 4) is 5.75 Å². The van der Waals surface area contributed by atoms with Gasteiger partial charge in [-0.1, -0.05) is 45.7 Å². The zero-order valence-electron chi connectivity index (χ0n) is 8.90. The van der Waals surface area contributed by atoms with Crippen LogP contribution in [0.15, 0.2) is 36.4 Å². The molecule has 1 nitrogen and oxygen atoms in total. The van der Waals surface area contributed by atoms with Gasteiger partial charge in [0.2, 0.25) is 0 Å². The molecule has 88 valence electrons. The first-order valence-corrected chi connectivity index (χ1v) is 7.49. The SMILES string of the molecule is Clc1ccc(C(Br)C2Cc3ccccc3O2)s1. The molecule has 2 heterocycles. The van der Waals surface area contributed by atoms with Gasteiger partial charge in [0.25, 0.3) is 0 Å². The van der Waals surface area contributed by atoms with Crippen molar-refractivity contribution in [2.24, 2.45) is 0 Å². The Morgan fingerprint density at radius 2 is 2.12 bits per heavy atom. The molecular formula is C13H10BrClOS. The lowest BCUT2D eigenvalue weighted by atomic mass is 10.1. The molecule has 0 N–H and O–H groups in total. The first-order chi connectivity index (χ1) is 8.24. The molecule has 0 aliphatic carbocycles.